The molecule has 8 heteroatoms. The van der Waals surface area contributed by atoms with E-state index in [1.807, 2.05) is 25.1 Å². The van der Waals surface area contributed by atoms with Crippen LogP contribution in [0.25, 0.3) is 0 Å². The standard InChI is InChI=1S/C21H23N3O5/c1-14-4-3-5-17(10-14)29-13-21(26)24-23-15(2)11-20(25)22-16-6-7-18-19(12-16)28-9-8-27-18/h3-7,10,12H,8-9,11,13H2,1-2H3,(H,22,25)(H,24,26)/b23-15-. The number of fused-ring (bicyclic) bond motifs is 1. The van der Waals surface area contributed by atoms with Crippen molar-refractivity contribution in [2.75, 3.05) is 25.1 Å². The molecule has 0 spiro atoms. The van der Waals surface area contributed by atoms with Crippen molar-refractivity contribution in [1.82, 2.24) is 5.43 Å². The van der Waals surface area contributed by atoms with Gasteiger partial charge in [-0.15, -0.1) is 0 Å². The molecule has 2 N–H and O–H groups in total. The molecule has 1 heterocycles. The van der Waals surface area contributed by atoms with Crippen LogP contribution in [-0.4, -0.2) is 37.3 Å². The molecule has 152 valence electrons. The molecule has 1 aliphatic rings. The van der Waals surface area contributed by atoms with Gasteiger partial charge in [0.05, 0.1) is 6.42 Å². The first-order chi connectivity index (χ1) is 14.0. The van der Waals surface area contributed by atoms with Crippen LogP contribution in [0.5, 0.6) is 17.2 Å². The van der Waals surface area contributed by atoms with Crippen LogP contribution in [0.1, 0.15) is 18.9 Å². The minimum Gasteiger partial charge on any atom is -0.486 e. The van der Waals surface area contributed by atoms with Crippen molar-refractivity contribution >= 4 is 23.2 Å². The van der Waals surface area contributed by atoms with E-state index in [1.165, 1.54) is 0 Å². The number of benzene rings is 2. The highest BCUT2D eigenvalue weighted by Crippen LogP contribution is 2.32. The Hall–Kier alpha value is -3.55. The average Bonchev–Trinajstić information content (AvgIpc) is 2.70. The third-order valence-corrected chi connectivity index (χ3v) is 3.97. The van der Waals surface area contributed by atoms with Gasteiger partial charge in [0.1, 0.15) is 19.0 Å². The van der Waals surface area contributed by atoms with Crippen LogP contribution in [0, 0.1) is 6.92 Å². The average molecular weight is 397 g/mol. The Kier molecular flexibility index (Phi) is 6.67. The monoisotopic (exact) mass is 397 g/mol. The van der Waals surface area contributed by atoms with E-state index in [2.05, 4.69) is 15.8 Å². The van der Waals surface area contributed by atoms with Gasteiger partial charge in [-0.3, -0.25) is 9.59 Å². The third-order valence-electron chi connectivity index (χ3n) is 3.97. The number of hydrogen-bond acceptors (Lipinski definition) is 6. The summed E-state index contributed by atoms with van der Waals surface area (Å²) in [6, 6.07) is 12.6. The topological polar surface area (TPSA) is 98.3 Å². The number of amides is 2. The van der Waals surface area contributed by atoms with E-state index in [0.29, 0.717) is 41.9 Å². The van der Waals surface area contributed by atoms with Crippen LogP contribution in [0.3, 0.4) is 0 Å². The van der Waals surface area contributed by atoms with Gasteiger partial charge in [0.2, 0.25) is 5.91 Å². The van der Waals surface area contributed by atoms with Gasteiger partial charge in [-0.05, 0) is 43.7 Å². The van der Waals surface area contributed by atoms with E-state index in [9.17, 15) is 9.59 Å². The Morgan fingerprint density at radius 2 is 1.86 bits per heavy atom. The molecule has 2 aromatic rings. The normalized spacial score (nSPS) is 12.8. The molecule has 0 bridgehead atoms. The smallest absolute Gasteiger partial charge is 0.277 e. The number of hydrazone groups is 1. The Balaban J connectivity index is 1.44. The molecule has 0 saturated carbocycles. The lowest BCUT2D eigenvalue weighted by molar-refractivity contribution is -0.123. The maximum Gasteiger partial charge on any atom is 0.277 e. The molecule has 3 rings (SSSR count). The summed E-state index contributed by atoms with van der Waals surface area (Å²) in [6.45, 7) is 4.42. The van der Waals surface area contributed by atoms with Gasteiger partial charge in [-0.25, -0.2) is 5.43 Å². The van der Waals surface area contributed by atoms with Crippen molar-refractivity contribution in [2.24, 2.45) is 5.10 Å². The minimum absolute atomic E-state index is 0.0352. The largest absolute Gasteiger partial charge is 0.486 e. The second kappa shape index (κ2) is 9.59. The predicted octanol–water partition coefficient (Wildman–Crippen LogP) is 2.67. The Morgan fingerprint density at radius 3 is 2.66 bits per heavy atom. The number of nitrogens with one attached hydrogen (secondary N) is 2. The highest BCUT2D eigenvalue weighted by atomic mass is 16.6. The number of carbonyl (C=O) groups is 2. The lowest BCUT2D eigenvalue weighted by atomic mass is 10.2. The highest BCUT2D eigenvalue weighted by molar-refractivity contribution is 6.05. The predicted molar refractivity (Wildman–Crippen MR) is 109 cm³/mol. The number of nitrogens with zero attached hydrogens (tertiary/aromatic N) is 1. The van der Waals surface area contributed by atoms with Crippen molar-refractivity contribution < 1.29 is 23.8 Å². The van der Waals surface area contributed by atoms with Gasteiger partial charge in [-0.2, -0.15) is 5.10 Å². The molecule has 0 aliphatic carbocycles. The molecule has 0 aromatic heterocycles. The van der Waals surface area contributed by atoms with Crippen molar-refractivity contribution in [1.29, 1.82) is 0 Å². The second-order valence-electron chi connectivity index (χ2n) is 6.57. The van der Waals surface area contributed by atoms with Crippen LogP contribution in [-0.2, 0) is 9.59 Å². The molecule has 8 nitrogen and oxygen atoms in total. The summed E-state index contributed by atoms with van der Waals surface area (Å²) in [5.41, 5.74) is 4.49. The van der Waals surface area contributed by atoms with Gasteiger partial charge in [-0.1, -0.05) is 12.1 Å². The molecule has 0 unspecified atom stereocenters. The maximum absolute atomic E-state index is 12.2. The van der Waals surface area contributed by atoms with E-state index in [0.717, 1.165) is 5.56 Å². The summed E-state index contributed by atoms with van der Waals surface area (Å²) >= 11 is 0. The number of hydrogen-bond donors (Lipinski definition) is 2. The van der Waals surface area contributed by atoms with Crippen LogP contribution in [0.4, 0.5) is 5.69 Å². The molecule has 0 radical (unpaired) electrons. The zero-order valence-corrected chi connectivity index (χ0v) is 16.4. The van der Waals surface area contributed by atoms with Crippen molar-refractivity contribution in [3.05, 3.63) is 48.0 Å². The maximum atomic E-state index is 12.2. The molecule has 2 amide bonds. The summed E-state index contributed by atoms with van der Waals surface area (Å²) in [4.78, 5) is 24.0. The molecular formula is C21H23N3O5. The number of aryl methyl sites for hydroxylation is 1. The number of carbonyl (C=O) groups excluding carboxylic acids is 2. The quantitative estimate of drug-likeness (QED) is 0.553. The molecule has 0 saturated heterocycles. The fourth-order valence-corrected chi connectivity index (χ4v) is 2.64. The van der Waals surface area contributed by atoms with Crippen LogP contribution in [0.15, 0.2) is 47.6 Å². The number of rotatable bonds is 7. The fourth-order valence-electron chi connectivity index (χ4n) is 2.64. The van der Waals surface area contributed by atoms with Gasteiger partial charge in [0.25, 0.3) is 5.91 Å². The molecule has 2 aromatic carbocycles. The van der Waals surface area contributed by atoms with Crippen LogP contribution in [0.2, 0.25) is 0 Å². The van der Waals surface area contributed by atoms with Crippen molar-refractivity contribution in [3.63, 3.8) is 0 Å². The molecule has 29 heavy (non-hydrogen) atoms. The first-order valence-electron chi connectivity index (χ1n) is 9.20. The van der Waals surface area contributed by atoms with Crippen LogP contribution >= 0.6 is 0 Å². The fraction of sp³-hybridized carbons (Fsp3) is 0.286. The summed E-state index contributed by atoms with van der Waals surface area (Å²) in [5, 5.41) is 6.71. The van der Waals surface area contributed by atoms with E-state index in [-0.39, 0.29) is 18.9 Å². The van der Waals surface area contributed by atoms with Crippen molar-refractivity contribution in [3.8, 4) is 17.2 Å². The molecular weight excluding hydrogens is 374 g/mol. The van der Waals surface area contributed by atoms with Crippen LogP contribution < -0.4 is 25.0 Å². The zero-order chi connectivity index (χ0) is 20.6. The van der Waals surface area contributed by atoms with E-state index >= 15 is 0 Å². The number of ether oxygens (including phenoxy) is 3. The first kappa shape index (κ1) is 20.2. The second-order valence-corrected chi connectivity index (χ2v) is 6.57. The Labute approximate surface area is 168 Å². The minimum atomic E-state index is -0.405. The van der Waals surface area contributed by atoms with E-state index in [4.69, 9.17) is 14.2 Å². The third kappa shape index (κ3) is 6.24. The zero-order valence-electron chi connectivity index (χ0n) is 16.4. The van der Waals surface area contributed by atoms with Gasteiger partial charge in [0, 0.05) is 17.5 Å². The first-order valence-corrected chi connectivity index (χ1v) is 9.20. The lowest BCUT2D eigenvalue weighted by Gasteiger charge is -2.19. The highest BCUT2D eigenvalue weighted by Gasteiger charge is 2.13. The summed E-state index contributed by atoms with van der Waals surface area (Å²) in [5.74, 6) is 1.20. The number of anilines is 1. The molecule has 1 aliphatic heterocycles. The van der Waals surface area contributed by atoms with Crippen molar-refractivity contribution in [2.45, 2.75) is 20.3 Å². The Bertz CT molecular complexity index is 926. The SMILES string of the molecule is C/C(CC(=O)Nc1ccc2c(c1)OCCO2)=N/NC(=O)COc1cccc(C)c1. The van der Waals surface area contributed by atoms with Gasteiger partial charge >= 0.3 is 0 Å². The van der Waals surface area contributed by atoms with Gasteiger partial charge in [0.15, 0.2) is 18.1 Å². The molecule has 0 atom stereocenters. The van der Waals surface area contributed by atoms with E-state index in [1.54, 1.807) is 31.2 Å². The van der Waals surface area contributed by atoms with Gasteiger partial charge < -0.3 is 19.5 Å². The lowest BCUT2D eigenvalue weighted by Crippen LogP contribution is -2.26. The summed E-state index contributed by atoms with van der Waals surface area (Å²) < 4.78 is 16.3. The summed E-state index contributed by atoms with van der Waals surface area (Å²) in [7, 11) is 0. The Morgan fingerprint density at radius 1 is 1.07 bits per heavy atom. The summed E-state index contributed by atoms with van der Waals surface area (Å²) in [6.07, 6.45) is 0.0352. The van der Waals surface area contributed by atoms with E-state index < -0.39 is 5.91 Å². The molecule has 0 fully saturated rings.